The van der Waals surface area contributed by atoms with Crippen molar-refractivity contribution in [3.63, 3.8) is 0 Å². The Hall–Kier alpha value is -4.12. The molecule has 2 aromatic heterocycles. The van der Waals surface area contributed by atoms with Crippen molar-refractivity contribution in [2.45, 2.75) is 26.2 Å². The number of aromatic nitrogens is 3. The number of hydrogen-bond donors (Lipinski definition) is 2. The number of phenolic OH excluding ortho intramolecular Hbond substituents is 2. The first kappa shape index (κ1) is 20.8. The van der Waals surface area contributed by atoms with Gasteiger partial charge in [0, 0.05) is 11.0 Å². The van der Waals surface area contributed by atoms with Crippen molar-refractivity contribution in [3.8, 4) is 34.3 Å². The van der Waals surface area contributed by atoms with Crippen LogP contribution in [0.2, 0.25) is 0 Å². The maximum atomic E-state index is 10.5. The third-order valence-corrected chi connectivity index (χ3v) is 5.77. The number of rotatable bonds is 3. The average molecular weight is 436 g/mol. The fourth-order valence-corrected chi connectivity index (χ4v) is 3.95. The molecule has 0 aliphatic rings. The van der Waals surface area contributed by atoms with E-state index < -0.39 is 0 Å². The first-order valence-electron chi connectivity index (χ1n) is 10.9. The van der Waals surface area contributed by atoms with Crippen molar-refractivity contribution in [3.05, 3.63) is 96.8 Å². The van der Waals surface area contributed by atoms with Crippen molar-refractivity contribution in [2.75, 3.05) is 0 Å². The molecule has 0 amide bonds. The van der Waals surface area contributed by atoms with E-state index >= 15 is 0 Å². The smallest absolute Gasteiger partial charge is 0.203 e. The van der Waals surface area contributed by atoms with E-state index in [1.807, 2.05) is 63.7 Å². The highest BCUT2D eigenvalue weighted by atomic mass is 16.3. The van der Waals surface area contributed by atoms with Gasteiger partial charge >= 0.3 is 0 Å². The number of nitrogens with zero attached hydrogens (tertiary/aromatic N) is 3. The molecule has 2 heterocycles. The van der Waals surface area contributed by atoms with Gasteiger partial charge in [-0.25, -0.2) is 0 Å². The molecular formula is C28H25N3O2. The highest BCUT2D eigenvalue weighted by Crippen LogP contribution is 2.32. The predicted molar refractivity (Wildman–Crippen MR) is 129 cm³/mol. The maximum absolute atomic E-state index is 10.5. The van der Waals surface area contributed by atoms with E-state index in [1.165, 1.54) is 0 Å². The van der Waals surface area contributed by atoms with Crippen LogP contribution >= 0.6 is 0 Å². The fourth-order valence-electron chi connectivity index (χ4n) is 3.95. The molecule has 0 aliphatic heterocycles. The number of para-hydroxylation sites is 5. The number of hydrogen-bond acceptors (Lipinski definition) is 3. The predicted octanol–water partition coefficient (Wildman–Crippen LogP) is 5.48. The van der Waals surface area contributed by atoms with Crippen molar-refractivity contribution in [2.24, 2.45) is 0 Å². The summed E-state index contributed by atoms with van der Waals surface area (Å²) in [5.41, 5.74) is 4.76. The van der Waals surface area contributed by atoms with Gasteiger partial charge in [-0.05, 0) is 41.3 Å². The Morgan fingerprint density at radius 1 is 0.818 bits per heavy atom. The normalized spacial score (nSPS) is 11.7. The fraction of sp³-hybridized carbons (Fsp3) is 0.143. The Morgan fingerprint density at radius 3 is 2.21 bits per heavy atom. The lowest BCUT2D eigenvalue weighted by Crippen LogP contribution is -2.32. The lowest BCUT2D eigenvalue weighted by molar-refractivity contribution is -0.576. The van der Waals surface area contributed by atoms with Crippen LogP contribution in [0.15, 0.2) is 84.9 Å². The van der Waals surface area contributed by atoms with Gasteiger partial charge in [0.15, 0.2) is 6.33 Å². The summed E-state index contributed by atoms with van der Waals surface area (Å²) in [5, 5.41) is 21.0. The minimum atomic E-state index is -0.131. The molecule has 3 aromatic carbocycles. The highest BCUT2D eigenvalue weighted by Gasteiger charge is 2.21. The Labute approximate surface area is 192 Å². The SMILES string of the molecule is CC(C)(C)c1cc(-c2ccccc2O)nc(-[n+]2[c-]n(-c3ccccc3O)c3ccccc32)c1. The van der Waals surface area contributed by atoms with Gasteiger partial charge in [-0.15, -0.1) is 4.98 Å². The molecule has 0 spiro atoms. The van der Waals surface area contributed by atoms with Crippen molar-refractivity contribution >= 4 is 11.0 Å². The molecule has 2 N–H and O–H groups in total. The second-order valence-electron chi connectivity index (χ2n) is 9.11. The summed E-state index contributed by atoms with van der Waals surface area (Å²) in [7, 11) is 0. The monoisotopic (exact) mass is 435 g/mol. The van der Waals surface area contributed by atoms with E-state index in [4.69, 9.17) is 4.98 Å². The summed E-state index contributed by atoms with van der Waals surface area (Å²) in [6, 6.07) is 26.5. The average Bonchev–Trinajstić information content (AvgIpc) is 3.18. The molecular weight excluding hydrogens is 410 g/mol. The largest absolute Gasteiger partial charge is 0.512 e. The summed E-state index contributed by atoms with van der Waals surface area (Å²) in [5.74, 6) is 1.05. The van der Waals surface area contributed by atoms with Crippen molar-refractivity contribution in [1.29, 1.82) is 0 Å². The minimum absolute atomic E-state index is 0.131. The zero-order valence-electron chi connectivity index (χ0n) is 18.8. The molecule has 5 rings (SSSR count). The van der Waals surface area contributed by atoms with Crippen LogP contribution in [0.3, 0.4) is 0 Å². The Balaban J connectivity index is 1.80. The van der Waals surface area contributed by atoms with Gasteiger partial charge in [0.2, 0.25) is 5.82 Å². The molecule has 164 valence electrons. The molecule has 0 saturated carbocycles. The minimum Gasteiger partial charge on any atom is -0.512 e. The van der Waals surface area contributed by atoms with E-state index in [2.05, 4.69) is 33.2 Å². The van der Waals surface area contributed by atoms with Crippen molar-refractivity contribution < 1.29 is 14.8 Å². The zero-order valence-corrected chi connectivity index (χ0v) is 18.8. The van der Waals surface area contributed by atoms with E-state index in [0.29, 0.717) is 22.8 Å². The third kappa shape index (κ3) is 3.72. The molecule has 33 heavy (non-hydrogen) atoms. The van der Waals surface area contributed by atoms with Crippen LogP contribution in [0.5, 0.6) is 11.5 Å². The van der Waals surface area contributed by atoms with E-state index in [9.17, 15) is 10.2 Å². The van der Waals surface area contributed by atoms with Gasteiger partial charge < -0.3 is 14.8 Å². The molecule has 0 unspecified atom stereocenters. The first-order chi connectivity index (χ1) is 15.8. The van der Waals surface area contributed by atoms with Crippen LogP contribution in [-0.2, 0) is 5.41 Å². The summed E-state index contributed by atoms with van der Waals surface area (Å²) in [6.45, 7) is 6.46. The summed E-state index contributed by atoms with van der Waals surface area (Å²) >= 11 is 0. The molecule has 0 saturated heterocycles. The number of benzene rings is 3. The summed E-state index contributed by atoms with van der Waals surface area (Å²) < 4.78 is 3.75. The van der Waals surface area contributed by atoms with Crippen molar-refractivity contribution in [1.82, 2.24) is 9.55 Å². The van der Waals surface area contributed by atoms with Gasteiger partial charge in [-0.1, -0.05) is 75.4 Å². The van der Waals surface area contributed by atoms with E-state index in [1.54, 1.807) is 24.3 Å². The number of imidazole rings is 1. The van der Waals surface area contributed by atoms with Gasteiger partial charge in [0.25, 0.3) is 0 Å². The number of phenols is 2. The molecule has 0 aliphatic carbocycles. The molecule has 0 atom stereocenters. The number of pyridine rings is 1. The Kier molecular flexibility index (Phi) is 4.90. The Morgan fingerprint density at radius 2 is 1.48 bits per heavy atom. The summed E-state index contributed by atoms with van der Waals surface area (Å²) in [6.07, 6.45) is 3.38. The van der Waals surface area contributed by atoms with Crippen LogP contribution < -0.4 is 4.57 Å². The third-order valence-electron chi connectivity index (χ3n) is 5.77. The van der Waals surface area contributed by atoms with Gasteiger partial charge in [0.05, 0.1) is 11.3 Å². The topological polar surface area (TPSA) is 62.2 Å². The van der Waals surface area contributed by atoms with Crippen LogP contribution in [0, 0.1) is 6.33 Å². The maximum Gasteiger partial charge on any atom is 0.203 e. The molecule has 0 bridgehead atoms. The van der Waals surface area contributed by atoms with Crippen LogP contribution in [0.1, 0.15) is 26.3 Å². The quantitative estimate of drug-likeness (QED) is 0.291. The van der Waals surface area contributed by atoms with Crippen LogP contribution in [0.4, 0.5) is 0 Å². The standard InChI is InChI=1S/C28H25N3O2/c1-28(2,3)19-16-21(20-10-4-8-14-25(20)32)29-27(17-19)31-18-30(22-11-5-6-12-23(22)31)24-13-7-9-15-26(24)33/h4-17,32-33H,1-3H3. The van der Waals surface area contributed by atoms with Crippen LogP contribution in [0.25, 0.3) is 33.8 Å². The molecule has 0 radical (unpaired) electrons. The summed E-state index contributed by atoms with van der Waals surface area (Å²) in [4.78, 5) is 4.92. The zero-order chi connectivity index (χ0) is 23.2. The molecule has 5 heteroatoms. The lowest BCUT2D eigenvalue weighted by atomic mass is 9.86. The lowest BCUT2D eigenvalue weighted by Gasteiger charge is -2.20. The number of aromatic hydroxyl groups is 2. The second-order valence-corrected chi connectivity index (χ2v) is 9.11. The van der Waals surface area contributed by atoms with E-state index in [-0.39, 0.29) is 16.9 Å². The van der Waals surface area contributed by atoms with Gasteiger partial charge in [-0.3, -0.25) is 4.57 Å². The van der Waals surface area contributed by atoms with Gasteiger partial charge in [-0.2, -0.15) is 0 Å². The Bertz CT molecular complexity index is 1480. The first-order valence-corrected chi connectivity index (χ1v) is 10.9. The number of fused-ring (bicyclic) bond motifs is 1. The molecule has 0 fully saturated rings. The van der Waals surface area contributed by atoms with Crippen LogP contribution in [-0.4, -0.2) is 19.8 Å². The molecule has 5 nitrogen and oxygen atoms in total. The second kappa shape index (κ2) is 7.78. The van der Waals surface area contributed by atoms with E-state index in [0.717, 1.165) is 16.6 Å². The molecule has 5 aromatic rings. The highest BCUT2D eigenvalue weighted by molar-refractivity contribution is 5.75. The van der Waals surface area contributed by atoms with Gasteiger partial charge in [0.1, 0.15) is 17.2 Å².